The molecule has 1 fully saturated rings. The summed E-state index contributed by atoms with van der Waals surface area (Å²) in [6, 6.07) is 7.58. The molecule has 29 heavy (non-hydrogen) atoms. The highest BCUT2D eigenvalue weighted by molar-refractivity contribution is 7.95. The van der Waals surface area contributed by atoms with Gasteiger partial charge in [-0.25, -0.2) is 8.42 Å². The molecule has 0 spiro atoms. The number of ketones is 1. The minimum atomic E-state index is -4.13. The van der Waals surface area contributed by atoms with E-state index in [0.717, 1.165) is 13.2 Å². The Balaban J connectivity index is 2.67. The maximum absolute atomic E-state index is 13.3. The highest BCUT2D eigenvalue weighted by Crippen LogP contribution is 2.53. The fourth-order valence-corrected chi connectivity index (χ4v) is 5.23. The van der Waals surface area contributed by atoms with E-state index in [-0.39, 0.29) is 22.0 Å². The number of carbonyl (C=O) groups is 3. The Morgan fingerprint density at radius 3 is 2.31 bits per heavy atom. The predicted molar refractivity (Wildman–Crippen MR) is 105 cm³/mol. The van der Waals surface area contributed by atoms with Crippen molar-refractivity contribution in [3.05, 3.63) is 41.5 Å². The van der Waals surface area contributed by atoms with Crippen LogP contribution in [0.3, 0.4) is 0 Å². The highest BCUT2D eigenvalue weighted by atomic mass is 32.2. The Morgan fingerprint density at radius 2 is 1.79 bits per heavy atom. The minimum absolute atomic E-state index is 0.0283. The third kappa shape index (κ3) is 4.27. The number of methoxy groups -OCH3 is 1. The number of carbonyl (C=O) groups excluding carboxylic acids is 3. The Hall–Kier alpha value is -2.48. The zero-order chi connectivity index (χ0) is 21.9. The third-order valence-electron chi connectivity index (χ3n) is 5.57. The third-order valence-corrected chi connectivity index (χ3v) is 7.39. The number of benzene rings is 1. The first-order chi connectivity index (χ1) is 13.5. The van der Waals surface area contributed by atoms with Gasteiger partial charge in [0.1, 0.15) is 11.7 Å². The summed E-state index contributed by atoms with van der Waals surface area (Å²) in [5.74, 6) is -1.88. The predicted octanol–water partition coefficient (Wildman–Crippen LogP) is 3.19. The largest absolute Gasteiger partial charge is 0.468 e. The number of hydrogen-bond donors (Lipinski definition) is 0. The summed E-state index contributed by atoms with van der Waals surface area (Å²) in [7, 11) is -2.96. The summed E-state index contributed by atoms with van der Waals surface area (Å²) in [5.41, 5.74) is -2.55. The van der Waals surface area contributed by atoms with Crippen LogP contribution in [0.15, 0.2) is 46.4 Å². The standard InChI is InChI=1S/C21H26O7S/c1-15(22)28-14-17(29(25,26)16-9-6-5-7-10-16)13-21(19(24)27-4)18(23)11-8-12-20(21,2)3/h5-7,9-10,14H,8,11-13H2,1-4H3/b17-14+. The van der Waals surface area contributed by atoms with Crippen molar-refractivity contribution >= 4 is 27.6 Å². The van der Waals surface area contributed by atoms with Gasteiger partial charge < -0.3 is 9.47 Å². The summed E-state index contributed by atoms with van der Waals surface area (Å²) in [5, 5.41) is 0. The van der Waals surface area contributed by atoms with Crippen molar-refractivity contribution in [1.82, 2.24) is 0 Å². The van der Waals surface area contributed by atoms with Crippen LogP contribution < -0.4 is 0 Å². The molecule has 0 bridgehead atoms. The number of ether oxygens (including phenoxy) is 2. The molecule has 1 aromatic carbocycles. The molecule has 0 saturated heterocycles. The Labute approximate surface area is 171 Å². The van der Waals surface area contributed by atoms with Crippen molar-refractivity contribution in [2.45, 2.75) is 51.3 Å². The van der Waals surface area contributed by atoms with Crippen LogP contribution in [0.4, 0.5) is 0 Å². The second-order valence-corrected chi connectivity index (χ2v) is 9.75. The number of esters is 2. The van der Waals surface area contributed by atoms with E-state index in [1.807, 2.05) is 0 Å². The van der Waals surface area contributed by atoms with Gasteiger partial charge in [-0.2, -0.15) is 0 Å². The van der Waals surface area contributed by atoms with Gasteiger partial charge in [-0.15, -0.1) is 0 Å². The van der Waals surface area contributed by atoms with Crippen molar-refractivity contribution < 1.29 is 32.3 Å². The summed E-state index contributed by atoms with van der Waals surface area (Å²) >= 11 is 0. The molecule has 1 atom stereocenters. The number of hydrogen-bond acceptors (Lipinski definition) is 7. The Morgan fingerprint density at radius 1 is 1.17 bits per heavy atom. The van der Waals surface area contributed by atoms with Crippen molar-refractivity contribution in [3.8, 4) is 0 Å². The Bertz CT molecular complexity index is 919. The molecular weight excluding hydrogens is 396 g/mol. The minimum Gasteiger partial charge on any atom is -0.468 e. The maximum atomic E-state index is 13.3. The summed E-state index contributed by atoms with van der Waals surface area (Å²) in [6.07, 6.45) is 1.66. The zero-order valence-electron chi connectivity index (χ0n) is 17.1. The molecule has 0 aliphatic heterocycles. The summed E-state index contributed by atoms with van der Waals surface area (Å²) in [4.78, 5) is 36.9. The molecule has 7 nitrogen and oxygen atoms in total. The maximum Gasteiger partial charge on any atom is 0.320 e. The van der Waals surface area contributed by atoms with Crippen LogP contribution in [0.25, 0.3) is 0 Å². The average molecular weight is 422 g/mol. The highest BCUT2D eigenvalue weighted by Gasteiger charge is 2.59. The average Bonchev–Trinajstić information content (AvgIpc) is 2.66. The first-order valence-corrected chi connectivity index (χ1v) is 10.8. The number of sulfone groups is 1. The fraction of sp³-hybridized carbons (Fsp3) is 0.476. The molecule has 8 heteroatoms. The van der Waals surface area contributed by atoms with E-state index in [0.29, 0.717) is 12.8 Å². The lowest BCUT2D eigenvalue weighted by atomic mass is 9.55. The molecule has 1 aliphatic carbocycles. The summed E-state index contributed by atoms with van der Waals surface area (Å²) in [6.45, 7) is 4.63. The van der Waals surface area contributed by atoms with Crippen LogP contribution in [0.2, 0.25) is 0 Å². The number of rotatable bonds is 6. The first kappa shape index (κ1) is 22.8. The number of allylic oxidation sites excluding steroid dienone is 1. The van der Waals surface area contributed by atoms with E-state index in [9.17, 15) is 22.8 Å². The molecule has 0 amide bonds. The lowest BCUT2D eigenvalue weighted by Gasteiger charge is -2.46. The van der Waals surface area contributed by atoms with Crippen LogP contribution in [-0.2, 0) is 33.7 Å². The topological polar surface area (TPSA) is 104 Å². The molecule has 1 saturated carbocycles. The fourth-order valence-electron chi connectivity index (χ4n) is 3.83. The molecule has 1 aliphatic rings. The quantitative estimate of drug-likeness (QED) is 0.394. The van der Waals surface area contributed by atoms with Crippen molar-refractivity contribution in [2.75, 3.05) is 7.11 Å². The van der Waals surface area contributed by atoms with Crippen LogP contribution >= 0.6 is 0 Å². The van der Waals surface area contributed by atoms with Gasteiger partial charge in [0.15, 0.2) is 5.78 Å². The molecule has 0 aromatic heterocycles. The molecule has 1 unspecified atom stereocenters. The van der Waals surface area contributed by atoms with Crippen molar-refractivity contribution in [3.63, 3.8) is 0 Å². The van der Waals surface area contributed by atoms with Gasteiger partial charge in [0.25, 0.3) is 0 Å². The molecular formula is C21H26O7S. The van der Waals surface area contributed by atoms with Gasteiger partial charge in [0.05, 0.1) is 16.9 Å². The van der Waals surface area contributed by atoms with E-state index < -0.39 is 39.0 Å². The van der Waals surface area contributed by atoms with Gasteiger partial charge in [-0.05, 0) is 30.4 Å². The first-order valence-electron chi connectivity index (χ1n) is 9.27. The Kier molecular flexibility index (Phi) is 6.67. The van der Waals surface area contributed by atoms with E-state index in [1.54, 1.807) is 32.0 Å². The van der Waals surface area contributed by atoms with Crippen molar-refractivity contribution in [1.29, 1.82) is 0 Å². The molecule has 0 heterocycles. The smallest absolute Gasteiger partial charge is 0.320 e. The molecule has 158 valence electrons. The van der Waals surface area contributed by atoms with Crippen LogP contribution in [0.5, 0.6) is 0 Å². The SMILES string of the molecule is COC(=O)C1(C/C(=C\OC(C)=O)S(=O)(=O)c2ccccc2)C(=O)CCCC1(C)C. The van der Waals surface area contributed by atoms with E-state index in [1.165, 1.54) is 19.2 Å². The normalized spacial score (nSPS) is 22.1. The number of Topliss-reactive ketones (excluding diaryl/α,β-unsaturated/α-hetero) is 1. The summed E-state index contributed by atoms with van der Waals surface area (Å²) < 4.78 is 36.4. The van der Waals surface area contributed by atoms with Gasteiger partial charge in [-0.1, -0.05) is 32.0 Å². The lowest BCUT2D eigenvalue weighted by molar-refractivity contribution is -0.170. The van der Waals surface area contributed by atoms with Crippen LogP contribution in [0.1, 0.15) is 46.5 Å². The van der Waals surface area contributed by atoms with E-state index in [4.69, 9.17) is 9.47 Å². The second kappa shape index (κ2) is 8.49. The zero-order valence-corrected chi connectivity index (χ0v) is 17.9. The van der Waals surface area contributed by atoms with Gasteiger partial charge in [0.2, 0.25) is 9.84 Å². The van der Waals surface area contributed by atoms with Crippen LogP contribution in [0, 0.1) is 10.8 Å². The van der Waals surface area contributed by atoms with E-state index >= 15 is 0 Å². The second-order valence-electron chi connectivity index (χ2n) is 7.74. The monoisotopic (exact) mass is 422 g/mol. The molecule has 1 aromatic rings. The van der Waals surface area contributed by atoms with Gasteiger partial charge in [-0.3, -0.25) is 14.4 Å². The molecule has 2 rings (SSSR count). The lowest BCUT2D eigenvalue weighted by Crippen LogP contribution is -2.54. The van der Waals surface area contributed by atoms with E-state index in [2.05, 4.69) is 0 Å². The molecule has 0 N–H and O–H groups in total. The van der Waals surface area contributed by atoms with Crippen molar-refractivity contribution in [2.24, 2.45) is 10.8 Å². The van der Waals surface area contributed by atoms with Gasteiger partial charge in [0, 0.05) is 19.8 Å². The van der Waals surface area contributed by atoms with Gasteiger partial charge >= 0.3 is 11.9 Å². The molecule has 0 radical (unpaired) electrons. The van der Waals surface area contributed by atoms with Crippen LogP contribution in [-0.4, -0.2) is 33.2 Å².